The third kappa shape index (κ3) is 3.91. The molecule has 1 aromatic carbocycles. The summed E-state index contributed by atoms with van der Waals surface area (Å²) in [5, 5.41) is 10.9. The Balaban J connectivity index is 1.73. The van der Waals surface area contributed by atoms with Crippen molar-refractivity contribution >= 4 is 17.7 Å². The molecule has 0 saturated carbocycles. The lowest BCUT2D eigenvalue weighted by Gasteiger charge is -2.12. The van der Waals surface area contributed by atoms with Gasteiger partial charge in [0.1, 0.15) is 6.33 Å². The van der Waals surface area contributed by atoms with Crippen molar-refractivity contribution in [2.75, 3.05) is 7.11 Å². The molecule has 1 N–H and O–H groups in total. The number of ketones is 1. The van der Waals surface area contributed by atoms with Gasteiger partial charge in [-0.3, -0.25) is 4.79 Å². The maximum absolute atomic E-state index is 12.7. The van der Waals surface area contributed by atoms with Crippen molar-refractivity contribution in [1.82, 2.24) is 25.2 Å². The minimum absolute atomic E-state index is 0.206. The third-order valence-corrected chi connectivity index (χ3v) is 4.44. The molecule has 10 nitrogen and oxygen atoms in total. The normalized spacial score (nSPS) is 11.7. The molecule has 29 heavy (non-hydrogen) atoms. The topological polar surface area (TPSA) is 129 Å². The van der Waals surface area contributed by atoms with Gasteiger partial charge in [0.15, 0.2) is 6.10 Å². The first-order valence-corrected chi connectivity index (χ1v) is 8.69. The fraction of sp³-hybridized carbons (Fsp3) is 0.263. The molecule has 0 radical (unpaired) electrons. The van der Waals surface area contributed by atoms with Gasteiger partial charge in [-0.25, -0.2) is 14.3 Å². The van der Waals surface area contributed by atoms with Gasteiger partial charge in [0, 0.05) is 5.69 Å². The number of rotatable bonds is 6. The van der Waals surface area contributed by atoms with Gasteiger partial charge in [0.25, 0.3) is 0 Å². The molecule has 0 bridgehead atoms. The molecule has 2 heterocycles. The molecule has 1 atom stereocenters. The summed E-state index contributed by atoms with van der Waals surface area (Å²) in [4.78, 5) is 39.9. The predicted octanol–water partition coefficient (Wildman–Crippen LogP) is 1.82. The first kappa shape index (κ1) is 19.9. The number of esters is 2. The molecule has 0 aliphatic heterocycles. The summed E-state index contributed by atoms with van der Waals surface area (Å²) in [6, 6.07) is 6.41. The molecule has 150 valence electrons. The summed E-state index contributed by atoms with van der Waals surface area (Å²) < 4.78 is 11.5. The summed E-state index contributed by atoms with van der Waals surface area (Å²) in [5.41, 5.74) is 2.41. The van der Waals surface area contributed by atoms with Crippen LogP contribution in [-0.4, -0.2) is 56.1 Å². The van der Waals surface area contributed by atoms with Crippen molar-refractivity contribution in [3.05, 3.63) is 58.7 Å². The number of carbonyl (C=O) groups is 3. The van der Waals surface area contributed by atoms with E-state index < -0.39 is 23.8 Å². The second kappa shape index (κ2) is 8.05. The fourth-order valence-electron chi connectivity index (χ4n) is 2.92. The number of aromatic nitrogens is 5. The highest BCUT2D eigenvalue weighted by Crippen LogP contribution is 2.21. The molecule has 10 heteroatoms. The SMILES string of the molecule is COC(=O)c1c(C)[nH]c(C(=O)C(C)OC(=O)c2ccc(-n3cnnn3)cc2)c1C. The summed E-state index contributed by atoms with van der Waals surface area (Å²) in [5.74, 6) is -1.63. The molecule has 0 aliphatic rings. The molecule has 1 unspecified atom stereocenters. The summed E-state index contributed by atoms with van der Waals surface area (Å²) in [7, 11) is 1.27. The molecule has 0 spiro atoms. The minimum Gasteiger partial charge on any atom is -0.465 e. The zero-order chi connectivity index (χ0) is 21.1. The van der Waals surface area contributed by atoms with E-state index in [1.807, 2.05) is 0 Å². The van der Waals surface area contributed by atoms with Crippen molar-refractivity contribution in [2.24, 2.45) is 0 Å². The van der Waals surface area contributed by atoms with E-state index in [4.69, 9.17) is 9.47 Å². The van der Waals surface area contributed by atoms with Crippen molar-refractivity contribution in [3.8, 4) is 5.69 Å². The molecule has 0 aliphatic carbocycles. The van der Waals surface area contributed by atoms with Crippen LogP contribution >= 0.6 is 0 Å². The van der Waals surface area contributed by atoms with Crippen LogP contribution in [0.4, 0.5) is 0 Å². The maximum atomic E-state index is 12.7. The highest BCUT2D eigenvalue weighted by atomic mass is 16.5. The quantitative estimate of drug-likeness (QED) is 0.493. The number of benzene rings is 1. The third-order valence-electron chi connectivity index (χ3n) is 4.44. The predicted molar refractivity (Wildman–Crippen MR) is 100.0 cm³/mol. The van der Waals surface area contributed by atoms with Gasteiger partial charge in [-0.1, -0.05) is 0 Å². The molecule has 0 saturated heterocycles. The number of methoxy groups -OCH3 is 1. The van der Waals surface area contributed by atoms with Crippen molar-refractivity contribution in [1.29, 1.82) is 0 Å². The first-order chi connectivity index (χ1) is 13.8. The smallest absolute Gasteiger partial charge is 0.339 e. The van der Waals surface area contributed by atoms with Gasteiger partial charge in [-0.15, -0.1) is 5.10 Å². The largest absolute Gasteiger partial charge is 0.465 e. The number of carbonyl (C=O) groups excluding carboxylic acids is 3. The summed E-state index contributed by atoms with van der Waals surface area (Å²) >= 11 is 0. The number of nitrogens with zero attached hydrogens (tertiary/aromatic N) is 4. The Labute approximate surface area is 165 Å². The van der Waals surface area contributed by atoms with E-state index in [0.29, 0.717) is 22.5 Å². The first-order valence-electron chi connectivity index (χ1n) is 8.69. The lowest BCUT2D eigenvalue weighted by molar-refractivity contribution is 0.0316. The number of nitrogens with one attached hydrogen (secondary N) is 1. The van der Waals surface area contributed by atoms with Crippen LogP contribution in [0.15, 0.2) is 30.6 Å². The van der Waals surface area contributed by atoms with Crippen molar-refractivity contribution in [2.45, 2.75) is 26.9 Å². The zero-order valence-corrected chi connectivity index (χ0v) is 16.3. The van der Waals surface area contributed by atoms with E-state index in [9.17, 15) is 14.4 Å². The standard InChI is InChI=1S/C19H19N5O5/c1-10-15(19(27)28-4)11(2)21-16(10)17(25)12(3)29-18(26)13-5-7-14(8-6-13)24-9-20-22-23-24/h5-9,12,21H,1-4H3. The summed E-state index contributed by atoms with van der Waals surface area (Å²) in [6.07, 6.45) is 0.376. The van der Waals surface area contributed by atoms with E-state index in [0.717, 1.165) is 0 Å². The van der Waals surface area contributed by atoms with Gasteiger partial charge in [0.2, 0.25) is 5.78 Å². The Bertz CT molecular complexity index is 1050. The molecular formula is C19H19N5O5. The highest BCUT2D eigenvalue weighted by molar-refractivity contribution is 6.04. The maximum Gasteiger partial charge on any atom is 0.339 e. The summed E-state index contributed by atoms with van der Waals surface area (Å²) in [6.45, 7) is 4.78. The van der Waals surface area contributed by atoms with Crippen LogP contribution in [0.25, 0.3) is 5.69 Å². The van der Waals surface area contributed by atoms with Gasteiger partial charge in [0.05, 0.1) is 29.6 Å². The fourth-order valence-corrected chi connectivity index (χ4v) is 2.92. The van der Waals surface area contributed by atoms with Gasteiger partial charge in [-0.05, 0) is 61.0 Å². The Morgan fingerprint density at radius 1 is 1.10 bits per heavy atom. The Hall–Kier alpha value is -3.82. The van der Waals surface area contributed by atoms with Gasteiger partial charge >= 0.3 is 11.9 Å². The lowest BCUT2D eigenvalue weighted by atomic mass is 10.1. The second-order valence-electron chi connectivity index (χ2n) is 6.33. The average molecular weight is 397 g/mol. The minimum atomic E-state index is -1.05. The van der Waals surface area contributed by atoms with E-state index in [-0.39, 0.29) is 11.3 Å². The monoisotopic (exact) mass is 397 g/mol. The number of Topliss-reactive ketones (excluding diaryl/α,β-unsaturated/α-hetero) is 1. The molecule has 3 aromatic rings. The number of aryl methyl sites for hydroxylation is 1. The molecular weight excluding hydrogens is 378 g/mol. The van der Waals surface area contributed by atoms with Gasteiger partial charge < -0.3 is 14.5 Å². The Morgan fingerprint density at radius 2 is 1.79 bits per heavy atom. The van der Waals surface area contributed by atoms with E-state index >= 15 is 0 Å². The van der Waals surface area contributed by atoms with Crippen LogP contribution in [0.5, 0.6) is 0 Å². The number of tetrazole rings is 1. The van der Waals surface area contributed by atoms with Crippen LogP contribution in [0, 0.1) is 13.8 Å². The number of aromatic amines is 1. The number of hydrogen-bond donors (Lipinski definition) is 1. The number of H-pyrrole nitrogens is 1. The molecule has 0 amide bonds. The van der Waals surface area contributed by atoms with Crippen LogP contribution in [0.1, 0.15) is 49.4 Å². The van der Waals surface area contributed by atoms with Gasteiger partial charge in [-0.2, -0.15) is 0 Å². The second-order valence-corrected chi connectivity index (χ2v) is 6.33. The van der Waals surface area contributed by atoms with E-state index in [1.54, 1.807) is 38.1 Å². The highest BCUT2D eigenvalue weighted by Gasteiger charge is 2.27. The van der Waals surface area contributed by atoms with Crippen LogP contribution < -0.4 is 0 Å². The zero-order valence-electron chi connectivity index (χ0n) is 16.3. The van der Waals surface area contributed by atoms with E-state index in [2.05, 4.69) is 20.5 Å². The van der Waals surface area contributed by atoms with Crippen LogP contribution in [0.3, 0.4) is 0 Å². The molecule has 0 fully saturated rings. The van der Waals surface area contributed by atoms with Crippen molar-refractivity contribution in [3.63, 3.8) is 0 Å². The average Bonchev–Trinajstić information content (AvgIpc) is 3.35. The number of hydrogen-bond acceptors (Lipinski definition) is 8. The lowest BCUT2D eigenvalue weighted by Crippen LogP contribution is -2.25. The van der Waals surface area contributed by atoms with Crippen LogP contribution in [0.2, 0.25) is 0 Å². The Morgan fingerprint density at radius 3 is 2.38 bits per heavy atom. The van der Waals surface area contributed by atoms with Crippen molar-refractivity contribution < 1.29 is 23.9 Å². The molecule has 2 aromatic heterocycles. The molecule has 3 rings (SSSR count). The van der Waals surface area contributed by atoms with E-state index in [1.165, 1.54) is 25.0 Å². The Kier molecular flexibility index (Phi) is 5.53. The number of ether oxygens (including phenoxy) is 2. The van der Waals surface area contributed by atoms with Crippen LogP contribution in [-0.2, 0) is 9.47 Å².